The maximum absolute atomic E-state index is 5.90. The Morgan fingerprint density at radius 2 is 2.33 bits per heavy atom. The van der Waals surface area contributed by atoms with E-state index in [4.69, 9.17) is 11.6 Å². The SMILES string of the molecule is Cc1c(Br)c(Cl)nc2c1CCN2. The standard InChI is InChI=1S/C8H8BrClN2/c1-4-5-2-3-11-8(5)12-7(10)6(4)9/h2-3H2,1H3,(H,11,12). The summed E-state index contributed by atoms with van der Waals surface area (Å²) >= 11 is 9.31. The summed E-state index contributed by atoms with van der Waals surface area (Å²) in [7, 11) is 0. The van der Waals surface area contributed by atoms with Gasteiger partial charge in [0.15, 0.2) is 0 Å². The van der Waals surface area contributed by atoms with E-state index in [2.05, 4.69) is 33.2 Å². The third kappa shape index (κ3) is 1.12. The number of anilines is 1. The van der Waals surface area contributed by atoms with Gasteiger partial charge in [-0.2, -0.15) is 0 Å². The van der Waals surface area contributed by atoms with Gasteiger partial charge >= 0.3 is 0 Å². The number of hydrogen-bond donors (Lipinski definition) is 1. The molecule has 1 aliphatic rings. The molecule has 1 N–H and O–H groups in total. The molecule has 0 fully saturated rings. The van der Waals surface area contributed by atoms with E-state index in [0.29, 0.717) is 5.15 Å². The number of aromatic nitrogens is 1. The van der Waals surface area contributed by atoms with Gasteiger partial charge in [-0.1, -0.05) is 11.6 Å². The number of nitrogens with zero attached hydrogens (tertiary/aromatic N) is 1. The maximum Gasteiger partial charge on any atom is 0.145 e. The van der Waals surface area contributed by atoms with Gasteiger partial charge in [0.2, 0.25) is 0 Å². The minimum atomic E-state index is 0.542. The third-order valence-electron chi connectivity index (χ3n) is 2.13. The molecule has 0 saturated carbocycles. The second kappa shape index (κ2) is 2.89. The fourth-order valence-electron chi connectivity index (χ4n) is 1.44. The molecule has 0 amide bonds. The molecule has 0 saturated heterocycles. The number of nitrogens with one attached hydrogen (secondary N) is 1. The lowest BCUT2D eigenvalue weighted by molar-refractivity contribution is 1.09. The summed E-state index contributed by atoms with van der Waals surface area (Å²) in [6, 6.07) is 0. The summed E-state index contributed by atoms with van der Waals surface area (Å²) in [4.78, 5) is 4.22. The van der Waals surface area contributed by atoms with Crippen LogP contribution in [0.15, 0.2) is 4.47 Å². The summed E-state index contributed by atoms with van der Waals surface area (Å²) in [5.74, 6) is 0.945. The van der Waals surface area contributed by atoms with Gasteiger partial charge < -0.3 is 5.32 Å². The molecule has 0 radical (unpaired) electrons. The molecule has 0 atom stereocenters. The highest BCUT2D eigenvalue weighted by Gasteiger charge is 2.17. The van der Waals surface area contributed by atoms with Crippen molar-refractivity contribution in [1.82, 2.24) is 4.98 Å². The zero-order valence-electron chi connectivity index (χ0n) is 6.62. The first-order valence-corrected chi connectivity index (χ1v) is 4.95. The number of pyridine rings is 1. The van der Waals surface area contributed by atoms with Crippen LogP contribution in [-0.2, 0) is 6.42 Å². The van der Waals surface area contributed by atoms with Crippen molar-refractivity contribution in [2.75, 3.05) is 11.9 Å². The Bertz CT molecular complexity index is 338. The predicted molar refractivity (Wildman–Crippen MR) is 53.9 cm³/mol. The van der Waals surface area contributed by atoms with E-state index >= 15 is 0 Å². The zero-order valence-corrected chi connectivity index (χ0v) is 8.96. The maximum atomic E-state index is 5.90. The Labute approximate surface area is 84.5 Å². The average Bonchev–Trinajstić information content (AvgIpc) is 2.48. The van der Waals surface area contributed by atoms with Gasteiger partial charge in [-0.05, 0) is 34.8 Å². The van der Waals surface area contributed by atoms with Crippen molar-refractivity contribution in [2.24, 2.45) is 0 Å². The summed E-state index contributed by atoms with van der Waals surface area (Å²) in [5, 5.41) is 3.73. The summed E-state index contributed by atoms with van der Waals surface area (Å²) < 4.78 is 0.923. The Hall–Kier alpha value is -0.280. The smallest absolute Gasteiger partial charge is 0.145 e. The average molecular weight is 248 g/mol. The molecule has 64 valence electrons. The lowest BCUT2D eigenvalue weighted by Crippen LogP contribution is -1.94. The van der Waals surface area contributed by atoms with Gasteiger partial charge in [-0.25, -0.2) is 4.98 Å². The van der Waals surface area contributed by atoms with Crippen LogP contribution in [0.4, 0.5) is 5.82 Å². The summed E-state index contributed by atoms with van der Waals surface area (Å²) in [5.41, 5.74) is 2.49. The van der Waals surface area contributed by atoms with Gasteiger partial charge in [-0.3, -0.25) is 0 Å². The fraction of sp³-hybridized carbons (Fsp3) is 0.375. The van der Waals surface area contributed by atoms with Crippen LogP contribution >= 0.6 is 27.5 Å². The van der Waals surface area contributed by atoms with Gasteiger partial charge in [0.25, 0.3) is 0 Å². The van der Waals surface area contributed by atoms with Crippen LogP contribution in [0.3, 0.4) is 0 Å². The van der Waals surface area contributed by atoms with Crippen molar-refractivity contribution < 1.29 is 0 Å². The normalized spacial score (nSPS) is 14.2. The third-order valence-corrected chi connectivity index (χ3v) is 3.60. The second-order valence-corrected chi connectivity index (χ2v) is 4.00. The van der Waals surface area contributed by atoms with E-state index in [9.17, 15) is 0 Å². The molecule has 1 aromatic heterocycles. The molecule has 4 heteroatoms. The highest BCUT2D eigenvalue weighted by atomic mass is 79.9. The molecule has 12 heavy (non-hydrogen) atoms. The van der Waals surface area contributed by atoms with Crippen LogP contribution < -0.4 is 5.32 Å². The molecule has 0 aromatic carbocycles. The molecular formula is C8H8BrClN2. The lowest BCUT2D eigenvalue weighted by Gasteiger charge is -2.06. The quantitative estimate of drug-likeness (QED) is 0.713. The number of rotatable bonds is 0. The topological polar surface area (TPSA) is 24.9 Å². The van der Waals surface area contributed by atoms with Crippen LogP contribution in [0, 0.1) is 6.92 Å². The van der Waals surface area contributed by atoms with E-state index in [1.165, 1.54) is 11.1 Å². The molecule has 2 heterocycles. The molecule has 0 unspecified atom stereocenters. The van der Waals surface area contributed by atoms with Crippen LogP contribution in [0.25, 0.3) is 0 Å². The minimum Gasteiger partial charge on any atom is -0.369 e. The van der Waals surface area contributed by atoms with Crippen molar-refractivity contribution in [2.45, 2.75) is 13.3 Å². The highest BCUT2D eigenvalue weighted by Crippen LogP contribution is 2.33. The Morgan fingerprint density at radius 1 is 1.58 bits per heavy atom. The minimum absolute atomic E-state index is 0.542. The van der Waals surface area contributed by atoms with Gasteiger partial charge in [0.05, 0.1) is 4.47 Å². The summed E-state index contributed by atoms with van der Waals surface area (Å²) in [6.07, 6.45) is 1.05. The lowest BCUT2D eigenvalue weighted by atomic mass is 10.1. The number of fused-ring (bicyclic) bond motifs is 1. The summed E-state index contributed by atoms with van der Waals surface area (Å²) in [6.45, 7) is 3.03. The second-order valence-electron chi connectivity index (χ2n) is 2.85. The zero-order chi connectivity index (χ0) is 8.72. The first kappa shape index (κ1) is 8.32. The Kier molecular flexibility index (Phi) is 2.00. The monoisotopic (exact) mass is 246 g/mol. The van der Waals surface area contributed by atoms with Gasteiger partial charge in [0.1, 0.15) is 11.0 Å². The largest absolute Gasteiger partial charge is 0.369 e. The molecule has 1 aromatic rings. The number of halogens is 2. The van der Waals surface area contributed by atoms with Gasteiger partial charge in [-0.15, -0.1) is 0 Å². The van der Waals surface area contributed by atoms with E-state index in [0.717, 1.165) is 23.3 Å². The highest BCUT2D eigenvalue weighted by molar-refractivity contribution is 9.10. The first-order chi connectivity index (χ1) is 5.70. The first-order valence-electron chi connectivity index (χ1n) is 3.78. The van der Waals surface area contributed by atoms with E-state index in [1.54, 1.807) is 0 Å². The molecule has 2 nitrogen and oxygen atoms in total. The van der Waals surface area contributed by atoms with Crippen molar-refractivity contribution >= 4 is 33.3 Å². The van der Waals surface area contributed by atoms with E-state index in [-0.39, 0.29) is 0 Å². The molecule has 1 aliphatic heterocycles. The van der Waals surface area contributed by atoms with E-state index in [1.807, 2.05) is 0 Å². The van der Waals surface area contributed by atoms with Crippen molar-refractivity contribution in [3.63, 3.8) is 0 Å². The fourth-order valence-corrected chi connectivity index (χ4v) is 1.99. The molecule has 2 rings (SSSR count). The Morgan fingerprint density at radius 3 is 3.08 bits per heavy atom. The Balaban J connectivity index is 2.67. The molecular weight excluding hydrogens is 239 g/mol. The van der Waals surface area contributed by atoms with Crippen molar-refractivity contribution in [3.8, 4) is 0 Å². The van der Waals surface area contributed by atoms with Gasteiger partial charge in [0, 0.05) is 12.1 Å². The van der Waals surface area contributed by atoms with Crippen LogP contribution in [0.2, 0.25) is 5.15 Å². The van der Waals surface area contributed by atoms with Crippen molar-refractivity contribution in [1.29, 1.82) is 0 Å². The van der Waals surface area contributed by atoms with E-state index < -0.39 is 0 Å². The molecule has 0 bridgehead atoms. The van der Waals surface area contributed by atoms with Crippen LogP contribution in [-0.4, -0.2) is 11.5 Å². The molecule has 0 spiro atoms. The van der Waals surface area contributed by atoms with Crippen LogP contribution in [0.1, 0.15) is 11.1 Å². The predicted octanol–water partition coefficient (Wildman–Crippen LogP) is 2.77. The van der Waals surface area contributed by atoms with Crippen LogP contribution in [0.5, 0.6) is 0 Å². The number of hydrogen-bond acceptors (Lipinski definition) is 2. The molecule has 0 aliphatic carbocycles. The van der Waals surface area contributed by atoms with Crippen molar-refractivity contribution in [3.05, 3.63) is 20.8 Å².